The number of nitrogens with one attached hydrogen (secondary N) is 1. The third-order valence-electron chi connectivity index (χ3n) is 5.85. The van der Waals surface area contributed by atoms with E-state index in [-0.39, 0.29) is 27.9 Å². The number of carbonyl (C=O) groups is 2. The second kappa shape index (κ2) is 8.06. The summed E-state index contributed by atoms with van der Waals surface area (Å²) >= 11 is 5.82. The fourth-order valence-corrected chi connectivity index (χ4v) is 4.46. The minimum Gasteiger partial charge on any atom is -0.444 e. The first-order valence-corrected chi connectivity index (χ1v) is 11.0. The molecule has 0 bridgehead atoms. The molecule has 0 unspecified atom stereocenters. The summed E-state index contributed by atoms with van der Waals surface area (Å²) in [6.45, 7) is 6.69. The second-order valence-corrected chi connectivity index (χ2v) is 10.2. The molecule has 33 heavy (non-hydrogen) atoms. The first kappa shape index (κ1) is 23.1. The van der Waals surface area contributed by atoms with Crippen LogP contribution < -0.4 is 11.1 Å². The van der Waals surface area contributed by atoms with Crippen LogP contribution in [0.4, 0.5) is 20.7 Å². The Morgan fingerprint density at radius 1 is 1.30 bits per heavy atom. The van der Waals surface area contributed by atoms with Gasteiger partial charge in [0.25, 0.3) is 5.91 Å². The average molecular weight is 476 g/mol. The molecule has 3 N–H and O–H groups in total. The molecular formula is C23H27ClFN5O3. The van der Waals surface area contributed by atoms with Crippen molar-refractivity contribution in [3.05, 3.63) is 46.4 Å². The van der Waals surface area contributed by atoms with Crippen LogP contribution >= 0.6 is 11.6 Å². The average Bonchev–Trinajstić information content (AvgIpc) is 3.24. The van der Waals surface area contributed by atoms with E-state index in [0.29, 0.717) is 30.9 Å². The number of benzene rings is 1. The molecule has 2 heterocycles. The largest absolute Gasteiger partial charge is 0.444 e. The van der Waals surface area contributed by atoms with E-state index >= 15 is 0 Å². The Hall–Kier alpha value is -3.07. The standard InChI is InChI=1S/C23H27ClFN5O3/c1-22(2,3)33-21(32)30-11-23(12-30)8-7-13(10-23)18-17(19(26)29(4)28-18)20(31)27-14-5-6-16(25)15(24)9-14/h5-7,9H,8,10-12,26H2,1-4H3,(H,27,31). The smallest absolute Gasteiger partial charge is 0.410 e. The molecule has 176 valence electrons. The van der Waals surface area contributed by atoms with Crippen LogP contribution in [-0.4, -0.2) is 45.4 Å². The van der Waals surface area contributed by atoms with Gasteiger partial charge in [0.2, 0.25) is 0 Å². The molecule has 1 spiro atoms. The van der Waals surface area contributed by atoms with Gasteiger partial charge in [-0.2, -0.15) is 5.10 Å². The van der Waals surface area contributed by atoms with E-state index in [0.717, 1.165) is 12.0 Å². The minimum absolute atomic E-state index is 0.0866. The number of nitrogen functional groups attached to an aromatic ring is 1. The van der Waals surface area contributed by atoms with Crippen LogP contribution in [0.2, 0.25) is 5.02 Å². The van der Waals surface area contributed by atoms with Crippen LogP contribution in [0.15, 0.2) is 24.3 Å². The van der Waals surface area contributed by atoms with Gasteiger partial charge in [-0.25, -0.2) is 9.18 Å². The summed E-state index contributed by atoms with van der Waals surface area (Å²) < 4.78 is 20.4. The van der Waals surface area contributed by atoms with E-state index in [4.69, 9.17) is 22.1 Å². The van der Waals surface area contributed by atoms with Gasteiger partial charge in [0.1, 0.15) is 28.5 Å². The zero-order valence-corrected chi connectivity index (χ0v) is 19.8. The van der Waals surface area contributed by atoms with Gasteiger partial charge < -0.3 is 20.7 Å². The third-order valence-corrected chi connectivity index (χ3v) is 6.14. The van der Waals surface area contributed by atoms with E-state index in [1.54, 1.807) is 11.9 Å². The highest BCUT2D eigenvalue weighted by Crippen LogP contribution is 2.48. The summed E-state index contributed by atoms with van der Waals surface area (Å²) in [5.74, 6) is -0.802. The Kier molecular flexibility index (Phi) is 5.64. The topological polar surface area (TPSA) is 102 Å². The highest BCUT2D eigenvalue weighted by atomic mass is 35.5. The fourth-order valence-electron chi connectivity index (χ4n) is 4.28. The van der Waals surface area contributed by atoms with Gasteiger partial charge in [0, 0.05) is 31.2 Å². The van der Waals surface area contributed by atoms with Crippen molar-refractivity contribution in [2.45, 2.75) is 39.2 Å². The first-order valence-electron chi connectivity index (χ1n) is 10.6. The number of hydrogen-bond acceptors (Lipinski definition) is 5. The van der Waals surface area contributed by atoms with Crippen molar-refractivity contribution >= 4 is 40.7 Å². The molecule has 1 aliphatic heterocycles. The van der Waals surface area contributed by atoms with E-state index in [1.165, 1.54) is 22.9 Å². The van der Waals surface area contributed by atoms with Crippen LogP contribution in [0.3, 0.4) is 0 Å². The number of anilines is 2. The number of allylic oxidation sites excluding steroid dienone is 2. The maximum absolute atomic E-state index is 13.4. The lowest BCUT2D eigenvalue weighted by atomic mass is 9.76. The molecule has 0 radical (unpaired) electrons. The summed E-state index contributed by atoms with van der Waals surface area (Å²) in [6.07, 6.45) is 3.18. The number of ether oxygens (including phenoxy) is 1. The molecule has 2 aromatic rings. The van der Waals surface area contributed by atoms with Crippen LogP contribution in [-0.2, 0) is 11.8 Å². The SMILES string of the molecule is Cn1nc(C2=CCC3(C2)CN(C(=O)OC(C)(C)C)C3)c(C(=O)Nc2ccc(F)c(Cl)c2)c1N. The van der Waals surface area contributed by atoms with Gasteiger partial charge in [-0.05, 0) is 57.4 Å². The lowest BCUT2D eigenvalue weighted by Gasteiger charge is -2.48. The molecular weight excluding hydrogens is 449 g/mol. The molecule has 0 atom stereocenters. The predicted octanol–water partition coefficient (Wildman–Crippen LogP) is 4.46. The quantitative estimate of drug-likeness (QED) is 0.682. The number of rotatable bonds is 3. The van der Waals surface area contributed by atoms with E-state index in [2.05, 4.69) is 16.5 Å². The summed E-state index contributed by atoms with van der Waals surface area (Å²) in [5, 5.41) is 7.11. The Bertz CT molecular complexity index is 1160. The molecule has 1 aromatic heterocycles. The van der Waals surface area contributed by atoms with Crippen molar-refractivity contribution < 1.29 is 18.7 Å². The van der Waals surface area contributed by atoms with Crippen molar-refractivity contribution in [3.63, 3.8) is 0 Å². The molecule has 4 rings (SSSR count). The number of halogens is 2. The van der Waals surface area contributed by atoms with Gasteiger partial charge in [-0.3, -0.25) is 9.48 Å². The Balaban J connectivity index is 1.48. The summed E-state index contributed by atoms with van der Waals surface area (Å²) in [5.41, 5.74) is 7.57. The summed E-state index contributed by atoms with van der Waals surface area (Å²) in [4.78, 5) is 27.1. The van der Waals surface area contributed by atoms with Crippen LogP contribution in [0.25, 0.3) is 5.57 Å². The highest BCUT2D eigenvalue weighted by Gasteiger charge is 2.49. The van der Waals surface area contributed by atoms with Crippen molar-refractivity contribution in [1.82, 2.24) is 14.7 Å². The van der Waals surface area contributed by atoms with Crippen LogP contribution in [0.1, 0.15) is 49.7 Å². The maximum atomic E-state index is 13.4. The van der Waals surface area contributed by atoms with Crippen molar-refractivity contribution in [2.75, 3.05) is 24.1 Å². The number of hydrogen-bond donors (Lipinski definition) is 2. The van der Waals surface area contributed by atoms with Crippen molar-refractivity contribution in [1.29, 1.82) is 0 Å². The van der Waals surface area contributed by atoms with Crippen molar-refractivity contribution in [3.8, 4) is 0 Å². The molecule has 1 fully saturated rings. The number of aromatic nitrogens is 2. The normalized spacial score (nSPS) is 17.0. The molecule has 2 amide bonds. The van der Waals surface area contributed by atoms with Crippen molar-refractivity contribution in [2.24, 2.45) is 12.5 Å². The number of likely N-dealkylation sites (tertiary alicyclic amines) is 1. The third kappa shape index (κ3) is 4.55. The molecule has 1 aromatic carbocycles. The zero-order chi connectivity index (χ0) is 24.1. The first-order chi connectivity index (χ1) is 15.4. The zero-order valence-electron chi connectivity index (χ0n) is 19.0. The lowest BCUT2D eigenvalue weighted by Crippen LogP contribution is -2.58. The summed E-state index contributed by atoms with van der Waals surface area (Å²) in [6, 6.07) is 3.95. The number of aryl methyl sites for hydroxylation is 1. The Morgan fingerprint density at radius 2 is 2.00 bits per heavy atom. The number of amides is 2. The molecule has 2 aliphatic rings. The van der Waals surface area contributed by atoms with E-state index in [1.807, 2.05) is 20.8 Å². The summed E-state index contributed by atoms with van der Waals surface area (Å²) in [7, 11) is 1.67. The molecule has 1 saturated heterocycles. The lowest BCUT2D eigenvalue weighted by molar-refractivity contribution is -0.0293. The van der Waals surface area contributed by atoms with Gasteiger partial charge in [0.05, 0.1) is 5.02 Å². The Labute approximate surface area is 196 Å². The maximum Gasteiger partial charge on any atom is 0.410 e. The molecule has 8 nitrogen and oxygen atoms in total. The van der Waals surface area contributed by atoms with Gasteiger partial charge in [-0.15, -0.1) is 0 Å². The number of carbonyl (C=O) groups excluding carboxylic acids is 2. The van der Waals surface area contributed by atoms with E-state index < -0.39 is 17.3 Å². The predicted molar refractivity (Wildman–Crippen MR) is 124 cm³/mol. The Morgan fingerprint density at radius 3 is 2.64 bits per heavy atom. The number of nitrogens with two attached hydrogens (primary N) is 1. The molecule has 1 aliphatic carbocycles. The van der Waals surface area contributed by atoms with Crippen LogP contribution in [0, 0.1) is 11.2 Å². The minimum atomic E-state index is -0.571. The highest BCUT2D eigenvalue weighted by molar-refractivity contribution is 6.31. The second-order valence-electron chi connectivity index (χ2n) is 9.76. The van der Waals surface area contributed by atoms with Crippen LogP contribution in [0.5, 0.6) is 0 Å². The monoisotopic (exact) mass is 475 g/mol. The molecule has 10 heteroatoms. The van der Waals surface area contributed by atoms with Gasteiger partial charge in [0.15, 0.2) is 0 Å². The molecule has 0 saturated carbocycles. The number of nitrogens with zero attached hydrogens (tertiary/aromatic N) is 3. The van der Waals surface area contributed by atoms with Gasteiger partial charge >= 0.3 is 6.09 Å². The fraction of sp³-hybridized carbons (Fsp3) is 0.435. The van der Waals surface area contributed by atoms with Gasteiger partial charge in [-0.1, -0.05) is 17.7 Å². The van der Waals surface area contributed by atoms with E-state index in [9.17, 15) is 14.0 Å².